The molecule has 1 fully saturated rings. The van der Waals surface area contributed by atoms with Gasteiger partial charge in [-0.3, -0.25) is 9.78 Å². The van der Waals surface area contributed by atoms with Crippen LogP contribution in [0, 0.1) is 12.8 Å². The number of amides is 1. The summed E-state index contributed by atoms with van der Waals surface area (Å²) in [4.78, 5) is 16.0. The Kier molecular flexibility index (Phi) is 4.00. The Hall–Kier alpha value is -2.16. The molecule has 0 radical (unpaired) electrons. The van der Waals surface area contributed by atoms with Gasteiger partial charge in [0.2, 0.25) is 5.91 Å². The molecule has 2 aromatic rings. The second-order valence-electron chi connectivity index (χ2n) is 5.79. The molecule has 1 N–H and O–H groups in total. The predicted molar refractivity (Wildman–Crippen MR) is 85.0 cm³/mol. The first-order valence-electron chi connectivity index (χ1n) is 7.53. The lowest BCUT2D eigenvalue weighted by Crippen LogP contribution is -2.11. The number of hydrogen-bond acceptors (Lipinski definition) is 2. The van der Waals surface area contributed by atoms with Crippen LogP contribution in [0.3, 0.4) is 0 Å². The van der Waals surface area contributed by atoms with E-state index in [1.165, 1.54) is 12.8 Å². The van der Waals surface area contributed by atoms with Crippen LogP contribution in [-0.2, 0) is 4.79 Å². The maximum atomic E-state index is 11.8. The van der Waals surface area contributed by atoms with E-state index < -0.39 is 0 Å². The monoisotopic (exact) mass is 280 g/mol. The minimum Gasteiger partial charge on any atom is -0.326 e. The zero-order valence-corrected chi connectivity index (χ0v) is 12.3. The first kappa shape index (κ1) is 13.8. The van der Waals surface area contributed by atoms with Crippen LogP contribution in [-0.4, -0.2) is 10.9 Å². The van der Waals surface area contributed by atoms with Crippen LogP contribution in [0.25, 0.3) is 11.1 Å². The van der Waals surface area contributed by atoms with Gasteiger partial charge < -0.3 is 5.32 Å². The quantitative estimate of drug-likeness (QED) is 0.892. The molecular weight excluding hydrogens is 260 g/mol. The van der Waals surface area contributed by atoms with Crippen molar-refractivity contribution in [2.24, 2.45) is 5.92 Å². The fourth-order valence-corrected chi connectivity index (χ4v) is 2.44. The van der Waals surface area contributed by atoms with Crippen molar-refractivity contribution in [3.05, 3.63) is 48.3 Å². The van der Waals surface area contributed by atoms with Crippen molar-refractivity contribution in [2.75, 3.05) is 5.32 Å². The summed E-state index contributed by atoms with van der Waals surface area (Å²) < 4.78 is 0. The summed E-state index contributed by atoms with van der Waals surface area (Å²) in [6.45, 7) is 1.98. The molecule has 3 rings (SSSR count). The first-order chi connectivity index (χ1) is 10.2. The van der Waals surface area contributed by atoms with Gasteiger partial charge >= 0.3 is 0 Å². The van der Waals surface area contributed by atoms with Crippen molar-refractivity contribution in [1.82, 2.24) is 4.98 Å². The van der Waals surface area contributed by atoms with Crippen LogP contribution in [0.1, 0.15) is 31.4 Å². The van der Waals surface area contributed by atoms with E-state index >= 15 is 0 Å². The maximum absolute atomic E-state index is 11.8. The highest BCUT2D eigenvalue weighted by atomic mass is 16.1. The number of rotatable bonds is 5. The lowest BCUT2D eigenvalue weighted by molar-refractivity contribution is -0.116. The van der Waals surface area contributed by atoms with E-state index in [0.29, 0.717) is 6.42 Å². The summed E-state index contributed by atoms with van der Waals surface area (Å²) in [7, 11) is 0. The zero-order valence-electron chi connectivity index (χ0n) is 12.3. The van der Waals surface area contributed by atoms with Crippen LogP contribution >= 0.6 is 0 Å². The van der Waals surface area contributed by atoms with Crippen LogP contribution in [0.15, 0.2) is 42.6 Å². The Bertz CT molecular complexity index is 630. The van der Waals surface area contributed by atoms with Crippen molar-refractivity contribution in [2.45, 2.75) is 32.6 Å². The molecule has 0 unspecified atom stereocenters. The number of hydrogen-bond donors (Lipinski definition) is 1. The van der Waals surface area contributed by atoms with E-state index in [-0.39, 0.29) is 5.91 Å². The molecule has 0 spiro atoms. The SMILES string of the molecule is Cc1cc(-c2ccc(NC(=O)CCC3CC3)cc2)ccn1. The van der Waals surface area contributed by atoms with Crippen molar-refractivity contribution in [3.8, 4) is 11.1 Å². The van der Waals surface area contributed by atoms with Gasteiger partial charge in [0.15, 0.2) is 0 Å². The summed E-state index contributed by atoms with van der Waals surface area (Å²) >= 11 is 0. The zero-order chi connectivity index (χ0) is 14.7. The van der Waals surface area contributed by atoms with E-state index in [2.05, 4.69) is 16.4 Å². The smallest absolute Gasteiger partial charge is 0.224 e. The average Bonchev–Trinajstić information content (AvgIpc) is 3.30. The Morgan fingerprint density at radius 1 is 1.19 bits per heavy atom. The van der Waals surface area contributed by atoms with E-state index in [1.54, 1.807) is 0 Å². The average molecular weight is 280 g/mol. The number of aryl methyl sites for hydroxylation is 1. The number of nitrogens with zero attached hydrogens (tertiary/aromatic N) is 1. The van der Waals surface area contributed by atoms with Gasteiger partial charge in [0.25, 0.3) is 0 Å². The molecule has 0 atom stereocenters. The topological polar surface area (TPSA) is 42.0 Å². The normalized spacial score (nSPS) is 14.0. The Balaban J connectivity index is 1.62. The molecule has 21 heavy (non-hydrogen) atoms. The number of carbonyl (C=O) groups is 1. The van der Waals surface area contributed by atoms with Gasteiger partial charge in [-0.05, 0) is 54.7 Å². The van der Waals surface area contributed by atoms with Crippen molar-refractivity contribution in [3.63, 3.8) is 0 Å². The second-order valence-corrected chi connectivity index (χ2v) is 5.79. The fourth-order valence-electron chi connectivity index (χ4n) is 2.44. The van der Waals surface area contributed by atoms with Crippen LogP contribution in [0.2, 0.25) is 0 Å². The number of nitrogens with one attached hydrogen (secondary N) is 1. The number of benzene rings is 1. The minimum absolute atomic E-state index is 0.120. The Morgan fingerprint density at radius 2 is 1.95 bits per heavy atom. The van der Waals surface area contributed by atoms with Gasteiger partial charge in [0.05, 0.1) is 0 Å². The van der Waals surface area contributed by atoms with Crippen LogP contribution < -0.4 is 5.32 Å². The molecule has 3 heteroatoms. The molecule has 1 heterocycles. The van der Waals surface area contributed by atoms with Crippen molar-refractivity contribution in [1.29, 1.82) is 0 Å². The first-order valence-corrected chi connectivity index (χ1v) is 7.53. The predicted octanol–water partition coefficient (Wildman–Crippen LogP) is 4.19. The van der Waals surface area contributed by atoms with E-state index in [4.69, 9.17) is 0 Å². The molecule has 1 amide bonds. The number of aromatic nitrogens is 1. The third-order valence-corrected chi connectivity index (χ3v) is 3.88. The summed E-state index contributed by atoms with van der Waals surface area (Å²) in [5.41, 5.74) is 4.15. The molecule has 0 aliphatic heterocycles. The standard InChI is InChI=1S/C18H20N2O/c1-13-12-16(10-11-19-13)15-5-7-17(8-6-15)20-18(21)9-4-14-2-3-14/h5-8,10-12,14H,2-4,9H2,1H3,(H,20,21). The fraction of sp³-hybridized carbons (Fsp3) is 0.333. The lowest BCUT2D eigenvalue weighted by atomic mass is 10.1. The molecule has 1 aliphatic carbocycles. The van der Waals surface area contributed by atoms with Gasteiger partial charge in [-0.1, -0.05) is 25.0 Å². The largest absolute Gasteiger partial charge is 0.326 e. The molecule has 3 nitrogen and oxygen atoms in total. The maximum Gasteiger partial charge on any atom is 0.224 e. The molecule has 0 saturated heterocycles. The molecule has 108 valence electrons. The molecular formula is C18H20N2O. The third kappa shape index (κ3) is 3.91. The van der Waals surface area contributed by atoms with E-state index in [9.17, 15) is 4.79 Å². The number of carbonyl (C=O) groups excluding carboxylic acids is 1. The highest BCUT2D eigenvalue weighted by Crippen LogP contribution is 2.33. The van der Waals surface area contributed by atoms with Crippen molar-refractivity contribution >= 4 is 11.6 Å². The summed E-state index contributed by atoms with van der Waals surface area (Å²) in [6.07, 6.45) is 6.08. The van der Waals surface area contributed by atoms with Gasteiger partial charge in [-0.15, -0.1) is 0 Å². The highest BCUT2D eigenvalue weighted by molar-refractivity contribution is 5.91. The van der Waals surface area contributed by atoms with Gasteiger partial charge in [-0.2, -0.15) is 0 Å². The molecule has 0 bridgehead atoms. The Morgan fingerprint density at radius 3 is 2.62 bits per heavy atom. The number of anilines is 1. The summed E-state index contributed by atoms with van der Waals surface area (Å²) in [5, 5.41) is 2.96. The molecule has 1 saturated carbocycles. The van der Waals surface area contributed by atoms with Gasteiger partial charge in [0, 0.05) is 24.0 Å². The van der Waals surface area contributed by atoms with E-state index in [0.717, 1.165) is 34.8 Å². The Labute approximate surface area is 125 Å². The molecule has 1 aromatic heterocycles. The molecule has 1 aromatic carbocycles. The third-order valence-electron chi connectivity index (χ3n) is 3.88. The second kappa shape index (κ2) is 6.08. The lowest BCUT2D eigenvalue weighted by Gasteiger charge is -2.07. The van der Waals surface area contributed by atoms with Crippen LogP contribution in [0.4, 0.5) is 5.69 Å². The number of pyridine rings is 1. The summed E-state index contributed by atoms with van der Waals surface area (Å²) in [5.74, 6) is 0.919. The van der Waals surface area contributed by atoms with Crippen LogP contribution in [0.5, 0.6) is 0 Å². The molecule has 1 aliphatic rings. The minimum atomic E-state index is 0.120. The summed E-state index contributed by atoms with van der Waals surface area (Å²) in [6, 6.07) is 12.0. The van der Waals surface area contributed by atoms with Crippen molar-refractivity contribution < 1.29 is 4.79 Å². The van der Waals surface area contributed by atoms with Gasteiger partial charge in [-0.25, -0.2) is 0 Å². The van der Waals surface area contributed by atoms with Gasteiger partial charge in [0.1, 0.15) is 0 Å². The van der Waals surface area contributed by atoms with E-state index in [1.807, 2.05) is 43.5 Å². The highest BCUT2D eigenvalue weighted by Gasteiger charge is 2.21.